The summed E-state index contributed by atoms with van der Waals surface area (Å²) in [6, 6.07) is 22.5. The number of phenolic OH excluding ortho intramolecular Hbond substituents is 1. The quantitative estimate of drug-likeness (QED) is 0.331. The minimum atomic E-state index is -0.214. The van der Waals surface area contributed by atoms with E-state index in [4.69, 9.17) is 0 Å². The molecule has 0 saturated carbocycles. The molecule has 180 valence electrons. The maximum absolute atomic E-state index is 10.5. The van der Waals surface area contributed by atoms with Gasteiger partial charge in [-0.25, -0.2) is 0 Å². The lowest BCUT2D eigenvalue weighted by Gasteiger charge is -2.28. The largest absolute Gasteiger partial charge is 0.507 e. The molecule has 0 fully saturated rings. The molecule has 0 aliphatic rings. The third kappa shape index (κ3) is 5.74. The lowest BCUT2D eigenvalue weighted by atomic mass is 9.76. The fraction of sp³-hybridized carbons (Fsp3) is 0.235. The van der Waals surface area contributed by atoms with Crippen molar-refractivity contribution in [2.24, 2.45) is 0 Å². The summed E-state index contributed by atoms with van der Waals surface area (Å²) < 4.78 is 0. The summed E-state index contributed by atoms with van der Waals surface area (Å²) in [6.45, 7) is 21.7. The van der Waals surface area contributed by atoms with Crippen molar-refractivity contribution in [3.8, 4) is 5.75 Å². The van der Waals surface area contributed by atoms with E-state index in [1.165, 1.54) is 22.3 Å². The molecule has 0 unspecified atom stereocenters. The summed E-state index contributed by atoms with van der Waals surface area (Å²) in [6.07, 6.45) is 8.09. The van der Waals surface area contributed by atoms with Crippen molar-refractivity contribution < 1.29 is 5.11 Å². The van der Waals surface area contributed by atoms with E-state index in [2.05, 4.69) is 115 Å². The van der Waals surface area contributed by atoms with Crippen LogP contribution in [0.1, 0.15) is 61.1 Å². The fourth-order valence-corrected chi connectivity index (χ4v) is 4.51. The van der Waals surface area contributed by atoms with E-state index in [0.717, 1.165) is 22.3 Å². The molecule has 3 rings (SSSR count). The van der Waals surface area contributed by atoms with Gasteiger partial charge in [-0.2, -0.15) is 0 Å². The molecule has 0 radical (unpaired) electrons. The zero-order valence-electron chi connectivity index (χ0n) is 22.0. The Kier molecular flexibility index (Phi) is 7.70. The predicted molar refractivity (Wildman–Crippen MR) is 153 cm³/mol. The molecule has 1 heteroatoms. The molecular formula is C34H38O. The zero-order valence-corrected chi connectivity index (χ0v) is 22.0. The number of aryl methyl sites for hydroxylation is 2. The molecule has 3 aromatic rings. The summed E-state index contributed by atoms with van der Waals surface area (Å²) in [7, 11) is 0. The second-order valence-corrected chi connectivity index (χ2v) is 10.4. The highest BCUT2D eigenvalue weighted by molar-refractivity contribution is 5.66. The van der Waals surface area contributed by atoms with Crippen LogP contribution in [0.4, 0.5) is 0 Å². The molecular weight excluding hydrogens is 424 g/mol. The van der Waals surface area contributed by atoms with Gasteiger partial charge in [-0.1, -0.05) is 120 Å². The first-order valence-corrected chi connectivity index (χ1v) is 12.1. The summed E-state index contributed by atoms with van der Waals surface area (Å²) in [5, 5.41) is 10.5. The Morgan fingerprint density at radius 1 is 0.686 bits per heavy atom. The molecule has 0 aromatic heterocycles. The number of hydrogen-bond donors (Lipinski definition) is 1. The molecule has 3 aromatic carbocycles. The maximum Gasteiger partial charge on any atom is 0.122 e. The van der Waals surface area contributed by atoms with Crippen LogP contribution in [0.5, 0.6) is 5.75 Å². The minimum absolute atomic E-state index is 0.180. The first-order valence-electron chi connectivity index (χ1n) is 12.1. The summed E-state index contributed by atoms with van der Waals surface area (Å²) in [4.78, 5) is 0. The average molecular weight is 463 g/mol. The third-order valence-electron chi connectivity index (χ3n) is 7.24. The average Bonchev–Trinajstić information content (AvgIpc) is 2.82. The molecule has 0 bridgehead atoms. The van der Waals surface area contributed by atoms with Crippen LogP contribution >= 0.6 is 0 Å². The highest BCUT2D eigenvalue weighted by atomic mass is 16.3. The van der Waals surface area contributed by atoms with Crippen molar-refractivity contribution >= 4 is 12.2 Å². The molecule has 0 aliphatic carbocycles. The Hall–Kier alpha value is -3.58. The monoisotopic (exact) mass is 462 g/mol. The van der Waals surface area contributed by atoms with Gasteiger partial charge in [0.25, 0.3) is 0 Å². The first kappa shape index (κ1) is 26.0. The Morgan fingerprint density at radius 3 is 1.63 bits per heavy atom. The van der Waals surface area contributed by atoms with Crippen LogP contribution in [0.2, 0.25) is 0 Å². The van der Waals surface area contributed by atoms with Crippen LogP contribution in [0.25, 0.3) is 12.2 Å². The van der Waals surface area contributed by atoms with E-state index in [1.54, 1.807) is 6.07 Å². The molecule has 35 heavy (non-hydrogen) atoms. The molecule has 0 heterocycles. The lowest BCUT2D eigenvalue weighted by Crippen LogP contribution is -2.20. The zero-order chi connectivity index (χ0) is 25.8. The van der Waals surface area contributed by atoms with E-state index in [0.29, 0.717) is 0 Å². The normalized spacial score (nSPS) is 12.4. The van der Waals surface area contributed by atoms with Crippen molar-refractivity contribution in [1.82, 2.24) is 0 Å². The Bertz CT molecular complexity index is 1300. The number of aromatic hydroxyl groups is 1. The smallest absolute Gasteiger partial charge is 0.122 e. The van der Waals surface area contributed by atoms with Crippen LogP contribution in [0.3, 0.4) is 0 Å². The Morgan fingerprint density at radius 2 is 1.14 bits per heavy atom. The molecule has 0 spiro atoms. The van der Waals surface area contributed by atoms with Gasteiger partial charge in [0, 0.05) is 16.4 Å². The summed E-state index contributed by atoms with van der Waals surface area (Å²) in [5.74, 6) is 0.249. The van der Waals surface area contributed by atoms with E-state index < -0.39 is 0 Å². The molecule has 1 N–H and O–H groups in total. The lowest BCUT2D eigenvalue weighted by molar-refractivity contribution is 0.474. The Balaban J connectivity index is 1.81. The van der Waals surface area contributed by atoms with Crippen molar-refractivity contribution in [2.45, 2.75) is 52.4 Å². The van der Waals surface area contributed by atoms with E-state index in [1.807, 2.05) is 24.3 Å². The highest BCUT2D eigenvalue weighted by Crippen LogP contribution is 2.35. The minimum Gasteiger partial charge on any atom is -0.507 e. The molecule has 0 atom stereocenters. The number of phenols is 1. The van der Waals surface area contributed by atoms with Crippen molar-refractivity contribution in [3.63, 3.8) is 0 Å². The molecule has 0 saturated heterocycles. The van der Waals surface area contributed by atoms with Gasteiger partial charge in [-0.3, -0.25) is 0 Å². The molecule has 0 aliphatic heterocycles. The SMILES string of the molecule is C=C(/C=C/c1ccc(O)c(/C=C/C(=C)C(C)(C)c2ccccc2C)c1)C(C)(C)c1ccccc1C. The molecule has 1 nitrogen and oxygen atoms in total. The van der Waals surface area contributed by atoms with Crippen LogP contribution in [-0.2, 0) is 10.8 Å². The van der Waals surface area contributed by atoms with E-state index >= 15 is 0 Å². The van der Waals surface area contributed by atoms with Crippen LogP contribution < -0.4 is 0 Å². The van der Waals surface area contributed by atoms with Gasteiger partial charge in [-0.15, -0.1) is 0 Å². The van der Waals surface area contributed by atoms with Gasteiger partial charge in [0.1, 0.15) is 5.75 Å². The van der Waals surface area contributed by atoms with Gasteiger partial charge < -0.3 is 5.11 Å². The van der Waals surface area contributed by atoms with Gasteiger partial charge in [-0.05, 0) is 64.9 Å². The number of allylic oxidation sites excluding steroid dienone is 4. The standard InChI is InChI=1S/C34H38O/c1-24-13-9-11-15-30(24)33(5,6)26(3)17-19-28-20-22-32(35)29(23-28)21-18-27(4)34(7,8)31-16-12-10-14-25(31)2/h9-23,35H,3-4H2,1-2,5-8H3/b19-17+,21-18+. The summed E-state index contributed by atoms with van der Waals surface area (Å²) in [5.41, 5.74) is 8.43. The number of rotatable bonds is 8. The topological polar surface area (TPSA) is 20.2 Å². The van der Waals surface area contributed by atoms with Gasteiger partial charge in [0.05, 0.1) is 0 Å². The fourth-order valence-electron chi connectivity index (χ4n) is 4.51. The van der Waals surface area contributed by atoms with Gasteiger partial charge >= 0.3 is 0 Å². The number of benzene rings is 3. The Labute approximate surface area is 211 Å². The first-order chi connectivity index (χ1) is 16.4. The van der Waals surface area contributed by atoms with Crippen LogP contribution in [0.15, 0.2) is 103 Å². The second kappa shape index (κ2) is 10.4. The van der Waals surface area contributed by atoms with Crippen molar-refractivity contribution in [2.75, 3.05) is 0 Å². The maximum atomic E-state index is 10.5. The summed E-state index contributed by atoms with van der Waals surface area (Å²) >= 11 is 0. The van der Waals surface area contributed by atoms with Gasteiger partial charge in [0.2, 0.25) is 0 Å². The van der Waals surface area contributed by atoms with E-state index in [9.17, 15) is 5.11 Å². The highest BCUT2D eigenvalue weighted by Gasteiger charge is 2.25. The van der Waals surface area contributed by atoms with Crippen molar-refractivity contribution in [3.05, 3.63) is 137 Å². The van der Waals surface area contributed by atoms with Crippen molar-refractivity contribution in [1.29, 1.82) is 0 Å². The second-order valence-electron chi connectivity index (χ2n) is 10.4. The van der Waals surface area contributed by atoms with Crippen LogP contribution in [0, 0.1) is 13.8 Å². The molecule has 0 amide bonds. The van der Waals surface area contributed by atoms with E-state index in [-0.39, 0.29) is 16.6 Å². The third-order valence-corrected chi connectivity index (χ3v) is 7.24. The van der Waals surface area contributed by atoms with Gasteiger partial charge in [0.15, 0.2) is 0 Å². The van der Waals surface area contributed by atoms with Crippen LogP contribution in [-0.4, -0.2) is 5.11 Å². The number of hydrogen-bond acceptors (Lipinski definition) is 1. The predicted octanol–water partition coefficient (Wildman–Crippen LogP) is 9.10.